The molecular weight excluding hydrogens is 362 g/mol. The Morgan fingerprint density at radius 1 is 1.00 bits per heavy atom. The van der Waals surface area contributed by atoms with Gasteiger partial charge in [-0.25, -0.2) is 0 Å². The number of anilines is 1. The number of hydrogen-bond donors (Lipinski definition) is 2. The summed E-state index contributed by atoms with van der Waals surface area (Å²) in [7, 11) is 8.25. The molecule has 1 amide bonds. The zero-order valence-corrected chi connectivity index (χ0v) is 17.6. The van der Waals surface area contributed by atoms with E-state index in [4.69, 9.17) is 4.74 Å². The van der Waals surface area contributed by atoms with Crippen LogP contribution in [0.4, 0.5) is 5.69 Å². The number of rotatable bonds is 8. The van der Waals surface area contributed by atoms with Crippen LogP contribution < -0.4 is 19.9 Å². The third-order valence-corrected chi connectivity index (χ3v) is 5.10. The molecule has 0 fully saturated rings. The SMILES string of the molecule is CN(C)c1ccc([C@H](CNC(=O)COc2ccc3ccccc3c2)[NH+](C)C)cc1. The molecule has 0 aliphatic carbocycles. The van der Waals surface area contributed by atoms with Gasteiger partial charge in [0.05, 0.1) is 20.6 Å². The van der Waals surface area contributed by atoms with Gasteiger partial charge in [-0.15, -0.1) is 0 Å². The molecule has 0 heterocycles. The molecule has 5 nitrogen and oxygen atoms in total. The molecule has 3 aromatic rings. The summed E-state index contributed by atoms with van der Waals surface area (Å²) in [5.74, 6) is 0.585. The summed E-state index contributed by atoms with van der Waals surface area (Å²) in [5.41, 5.74) is 2.36. The predicted octanol–water partition coefficient (Wildman–Crippen LogP) is 2.29. The molecule has 5 heteroatoms. The van der Waals surface area contributed by atoms with Crippen LogP contribution in [0.15, 0.2) is 66.7 Å². The van der Waals surface area contributed by atoms with Gasteiger partial charge in [0.2, 0.25) is 0 Å². The fraction of sp³-hybridized carbons (Fsp3) is 0.292. The monoisotopic (exact) mass is 392 g/mol. The molecule has 1 atom stereocenters. The van der Waals surface area contributed by atoms with Crippen molar-refractivity contribution in [2.75, 3.05) is 46.2 Å². The summed E-state index contributed by atoms with van der Waals surface area (Å²) >= 11 is 0. The lowest BCUT2D eigenvalue weighted by Crippen LogP contribution is -3.07. The molecule has 152 valence electrons. The van der Waals surface area contributed by atoms with Crippen LogP contribution in [-0.4, -0.2) is 47.2 Å². The number of quaternary nitrogens is 1. The minimum Gasteiger partial charge on any atom is -0.484 e. The zero-order valence-electron chi connectivity index (χ0n) is 17.6. The highest BCUT2D eigenvalue weighted by Crippen LogP contribution is 2.20. The summed E-state index contributed by atoms with van der Waals surface area (Å²) < 4.78 is 5.69. The summed E-state index contributed by atoms with van der Waals surface area (Å²) in [4.78, 5) is 15.7. The van der Waals surface area contributed by atoms with Crippen molar-refractivity contribution in [2.24, 2.45) is 0 Å². The highest BCUT2D eigenvalue weighted by molar-refractivity contribution is 5.84. The van der Waals surface area contributed by atoms with Crippen LogP contribution in [0.3, 0.4) is 0 Å². The fourth-order valence-electron chi connectivity index (χ4n) is 3.33. The van der Waals surface area contributed by atoms with E-state index >= 15 is 0 Å². The molecule has 0 aromatic heterocycles. The molecule has 0 saturated heterocycles. The van der Waals surface area contributed by atoms with Crippen LogP contribution in [-0.2, 0) is 4.79 Å². The first-order chi connectivity index (χ1) is 13.9. The first-order valence-electron chi connectivity index (χ1n) is 9.89. The molecule has 2 N–H and O–H groups in total. The van der Waals surface area contributed by atoms with Gasteiger partial charge < -0.3 is 19.9 Å². The molecule has 0 spiro atoms. The zero-order chi connectivity index (χ0) is 20.8. The van der Waals surface area contributed by atoms with Gasteiger partial charge in [0.1, 0.15) is 11.8 Å². The van der Waals surface area contributed by atoms with Gasteiger partial charge in [-0.2, -0.15) is 0 Å². The largest absolute Gasteiger partial charge is 0.484 e. The van der Waals surface area contributed by atoms with E-state index in [0.29, 0.717) is 12.3 Å². The van der Waals surface area contributed by atoms with Crippen molar-refractivity contribution in [3.05, 3.63) is 72.3 Å². The third-order valence-electron chi connectivity index (χ3n) is 5.10. The number of carbonyl (C=O) groups is 1. The number of ether oxygens (including phenoxy) is 1. The van der Waals surface area contributed by atoms with Crippen molar-refractivity contribution in [3.63, 3.8) is 0 Å². The molecule has 29 heavy (non-hydrogen) atoms. The second-order valence-corrected chi connectivity index (χ2v) is 7.72. The van der Waals surface area contributed by atoms with E-state index in [1.807, 2.05) is 50.5 Å². The smallest absolute Gasteiger partial charge is 0.258 e. The number of benzene rings is 3. The summed E-state index contributed by atoms with van der Waals surface area (Å²) in [6, 6.07) is 22.6. The van der Waals surface area contributed by atoms with Crippen molar-refractivity contribution in [1.82, 2.24) is 5.32 Å². The molecule has 3 aromatic carbocycles. The second-order valence-electron chi connectivity index (χ2n) is 7.72. The number of nitrogens with zero attached hydrogens (tertiary/aromatic N) is 1. The number of likely N-dealkylation sites (N-methyl/N-ethyl adjacent to an activating group) is 1. The maximum atomic E-state index is 12.3. The van der Waals surface area contributed by atoms with E-state index in [0.717, 1.165) is 16.5 Å². The Morgan fingerprint density at radius 3 is 2.34 bits per heavy atom. The summed E-state index contributed by atoms with van der Waals surface area (Å²) in [6.07, 6.45) is 0. The van der Waals surface area contributed by atoms with Crippen LogP contribution >= 0.6 is 0 Å². The Balaban J connectivity index is 1.55. The molecule has 0 saturated carbocycles. The number of hydrogen-bond acceptors (Lipinski definition) is 3. The van der Waals surface area contributed by atoms with E-state index in [1.54, 1.807) is 0 Å². The van der Waals surface area contributed by atoms with Crippen molar-refractivity contribution >= 4 is 22.4 Å². The van der Waals surface area contributed by atoms with Crippen LogP contribution in [0.2, 0.25) is 0 Å². The quantitative estimate of drug-likeness (QED) is 0.618. The van der Waals surface area contributed by atoms with E-state index in [2.05, 4.69) is 54.6 Å². The molecule has 0 aliphatic heterocycles. The van der Waals surface area contributed by atoms with Gasteiger partial charge in [0, 0.05) is 25.3 Å². The maximum Gasteiger partial charge on any atom is 0.258 e. The molecule has 3 rings (SSSR count). The van der Waals surface area contributed by atoms with Gasteiger partial charge in [-0.05, 0) is 35.0 Å². The highest BCUT2D eigenvalue weighted by Gasteiger charge is 2.19. The van der Waals surface area contributed by atoms with E-state index < -0.39 is 0 Å². The first kappa shape index (κ1) is 20.7. The summed E-state index contributed by atoms with van der Waals surface area (Å²) in [5, 5.41) is 5.27. The molecule has 0 bridgehead atoms. The topological polar surface area (TPSA) is 46.0 Å². The van der Waals surface area contributed by atoms with Gasteiger partial charge in [-0.1, -0.05) is 42.5 Å². The van der Waals surface area contributed by atoms with Gasteiger partial charge in [0.25, 0.3) is 5.91 Å². The molecular formula is C24H30N3O2+. The lowest BCUT2D eigenvalue weighted by molar-refractivity contribution is -0.890. The number of amides is 1. The summed E-state index contributed by atoms with van der Waals surface area (Å²) in [6.45, 7) is 0.566. The normalized spacial score (nSPS) is 12.0. The van der Waals surface area contributed by atoms with Crippen molar-refractivity contribution in [1.29, 1.82) is 0 Å². The lowest BCUT2D eigenvalue weighted by atomic mass is 10.1. The predicted molar refractivity (Wildman–Crippen MR) is 119 cm³/mol. The molecule has 0 aliphatic rings. The Kier molecular flexibility index (Phi) is 6.73. The highest BCUT2D eigenvalue weighted by atomic mass is 16.5. The van der Waals surface area contributed by atoms with Crippen LogP contribution in [0.25, 0.3) is 10.8 Å². The third kappa shape index (κ3) is 5.48. The average Bonchev–Trinajstić information content (AvgIpc) is 2.72. The minimum absolute atomic E-state index is 0.00733. The van der Waals surface area contributed by atoms with Crippen LogP contribution in [0, 0.1) is 0 Å². The van der Waals surface area contributed by atoms with Crippen LogP contribution in [0.5, 0.6) is 5.75 Å². The van der Waals surface area contributed by atoms with Crippen molar-refractivity contribution in [2.45, 2.75) is 6.04 Å². The molecule has 0 unspecified atom stereocenters. The Labute approximate surface area is 172 Å². The first-order valence-corrected chi connectivity index (χ1v) is 9.89. The Morgan fingerprint density at radius 2 is 1.69 bits per heavy atom. The van der Waals surface area contributed by atoms with Crippen molar-refractivity contribution < 1.29 is 14.4 Å². The van der Waals surface area contributed by atoms with Gasteiger partial charge >= 0.3 is 0 Å². The second kappa shape index (κ2) is 9.43. The van der Waals surface area contributed by atoms with E-state index in [-0.39, 0.29) is 18.6 Å². The average molecular weight is 393 g/mol. The van der Waals surface area contributed by atoms with Crippen molar-refractivity contribution in [3.8, 4) is 5.75 Å². The lowest BCUT2D eigenvalue weighted by Gasteiger charge is -2.23. The fourth-order valence-corrected chi connectivity index (χ4v) is 3.33. The maximum absolute atomic E-state index is 12.3. The van der Waals surface area contributed by atoms with Gasteiger partial charge in [0.15, 0.2) is 6.61 Å². The number of fused-ring (bicyclic) bond motifs is 1. The van der Waals surface area contributed by atoms with E-state index in [9.17, 15) is 4.79 Å². The van der Waals surface area contributed by atoms with Crippen LogP contribution in [0.1, 0.15) is 11.6 Å². The minimum atomic E-state index is -0.116. The Hall–Kier alpha value is -3.05. The standard InChI is InChI=1S/C24H29N3O2/c1-26(2)21-12-9-19(10-13-21)23(27(3)4)16-25-24(28)17-29-22-14-11-18-7-5-6-8-20(18)15-22/h5-15,23H,16-17H2,1-4H3,(H,25,28)/p+1/t23-/m0/s1. The Bertz CT molecular complexity index is 952. The number of carbonyl (C=O) groups excluding carboxylic acids is 1. The van der Waals surface area contributed by atoms with Gasteiger partial charge in [-0.3, -0.25) is 4.79 Å². The van der Waals surface area contributed by atoms with E-state index in [1.165, 1.54) is 10.5 Å². The molecule has 0 radical (unpaired) electrons. The number of nitrogens with one attached hydrogen (secondary N) is 2.